The van der Waals surface area contributed by atoms with Gasteiger partial charge in [0.05, 0.1) is 0 Å². The van der Waals surface area contributed by atoms with Gasteiger partial charge < -0.3 is 14.2 Å². The molecule has 0 fully saturated rings. The van der Waals surface area contributed by atoms with E-state index in [0.717, 1.165) is 96.3 Å². The van der Waals surface area contributed by atoms with Gasteiger partial charge in [-0.3, -0.25) is 14.4 Å². The zero-order valence-corrected chi connectivity index (χ0v) is 51.7. The molecule has 0 aromatic carbocycles. The molecule has 0 bridgehead atoms. The molecule has 0 rings (SSSR count). The summed E-state index contributed by atoms with van der Waals surface area (Å²) in [5.74, 6) is -0.868. The van der Waals surface area contributed by atoms with Crippen LogP contribution in [0.5, 0.6) is 0 Å². The number of esters is 3. The third-order valence-electron chi connectivity index (χ3n) is 14.6. The zero-order chi connectivity index (χ0) is 56.4. The molecule has 6 nitrogen and oxygen atoms in total. The van der Waals surface area contributed by atoms with E-state index in [2.05, 4.69) is 106 Å². The highest BCUT2D eigenvalue weighted by molar-refractivity contribution is 5.71. The zero-order valence-electron chi connectivity index (χ0n) is 51.7. The highest BCUT2D eigenvalue weighted by Gasteiger charge is 2.19. The monoisotopic (exact) mass is 1090 g/mol. The Bertz CT molecular complexity index is 1480. The van der Waals surface area contributed by atoms with Crippen molar-refractivity contribution < 1.29 is 28.6 Å². The molecular formula is C72H126O6. The van der Waals surface area contributed by atoms with E-state index in [4.69, 9.17) is 14.2 Å². The van der Waals surface area contributed by atoms with Gasteiger partial charge in [0.25, 0.3) is 0 Å². The summed E-state index contributed by atoms with van der Waals surface area (Å²) in [5.41, 5.74) is 0. The smallest absolute Gasteiger partial charge is 0.306 e. The van der Waals surface area contributed by atoms with Crippen LogP contribution in [0.1, 0.15) is 335 Å². The molecule has 0 aromatic heterocycles. The van der Waals surface area contributed by atoms with E-state index in [9.17, 15) is 14.4 Å². The fraction of sp³-hybridized carbons (Fsp3) is 0.764. The standard InChI is InChI=1S/C72H126O6/c1-4-7-10-13-16-19-22-24-26-28-30-32-34-36-38-40-42-44-46-48-50-53-56-59-62-65-71(74)77-68-69(67-76-70(73)64-61-58-55-52-21-18-15-12-9-6-3)78-72(75)66-63-60-57-54-51-49-47-45-43-41-39-37-35-33-31-29-27-25-23-20-17-14-11-8-5-2/h7,10,16,19,23-26,29-32,35,37,69H,4-6,8-9,11-15,17-18,20-22,27-28,33-34,36,38-68H2,1-3H3/b10-7-,19-16-,25-23-,26-24-,31-29-,32-30-,37-35-. The third-order valence-corrected chi connectivity index (χ3v) is 14.6. The van der Waals surface area contributed by atoms with Gasteiger partial charge >= 0.3 is 17.9 Å². The number of unbranched alkanes of at least 4 members (excludes halogenated alkanes) is 36. The molecule has 0 aliphatic heterocycles. The third kappa shape index (κ3) is 63.4. The molecule has 0 N–H and O–H groups in total. The van der Waals surface area contributed by atoms with Crippen LogP contribution >= 0.6 is 0 Å². The lowest BCUT2D eigenvalue weighted by atomic mass is 10.0. The Hall–Kier alpha value is -3.41. The fourth-order valence-corrected chi connectivity index (χ4v) is 9.62. The van der Waals surface area contributed by atoms with Crippen molar-refractivity contribution in [3.63, 3.8) is 0 Å². The van der Waals surface area contributed by atoms with Gasteiger partial charge in [-0.15, -0.1) is 0 Å². The summed E-state index contributed by atoms with van der Waals surface area (Å²) in [5, 5.41) is 0. The molecule has 0 heterocycles. The van der Waals surface area contributed by atoms with Gasteiger partial charge in [-0.1, -0.05) is 305 Å². The van der Waals surface area contributed by atoms with Crippen molar-refractivity contribution in [2.24, 2.45) is 0 Å². The van der Waals surface area contributed by atoms with Crippen LogP contribution in [0.3, 0.4) is 0 Å². The van der Waals surface area contributed by atoms with Gasteiger partial charge in [-0.05, 0) is 96.3 Å². The topological polar surface area (TPSA) is 78.9 Å². The Labute approximate surface area is 484 Å². The molecule has 6 heteroatoms. The quantitative estimate of drug-likeness (QED) is 0.0261. The van der Waals surface area contributed by atoms with Crippen molar-refractivity contribution in [1.29, 1.82) is 0 Å². The van der Waals surface area contributed by atoms with Crippen molar-refractivity contribution in [2.45, 2.75) is 341 Å². The van der Waals surface area contributed by atoms with Crippen LogP contribution < -0.4 is 0 Å². The Morgan fingerprint density at radius 2 is 0.500 bits per heavy atom. The van der Waals surface area contributed by atoms with E-state index in [-0.39, 0.29) is 31.1 Å². The second kappa shape index (κ2) is 66.1. The van der Waals surface area contributed by atoms with E-state index in [1.54, 1.807) is 0 Å². The molecular weight excluding hydrogens is 961 g/mol. The van der Waals surface area contributed by atoms with Gasteiger partial charge in [-0.25, -0.2) is 0 Å². The molecule has 0 aliphatic carbocycles. The van der Waals surface area contributed by atoms with Gasteiger partial charge in [0, 0.05) is 19.3 Å². The van der Waals surface area contributed by atoms with Crippen LogP contribution in [0.2, 0.25) is 0 Å². The average Bonchev–Trinajstić information content (AvgIpc) is 3.44. The van der Waals surface area contributed by atoms with Gasteiger partial charge in [-0.2, -0.15) is 0 Å². The van der Waals surface area contributed by atoms with Gasteiger partial charge in [0.15, 0.2) is 6.10 Å². The number of hydrogen-bond acceptors (Lipinski definition) is 6. The van der Waals surface area contributed by atoms with Crippen molar-refractivity contribution in [2.75, 3.05) is 13.2 Å². The highest BCUT2D eigenvalue weighted by Crippen LogP contribution is 2.17. The molecule has 0 spiro atoms. The molecule has 0 radical (unpaired) electrons. The Morgan fingerprint density at radius 3 is 0.782 bits per heavy atom. The average molecular weight is 1090 g/mol. The minimum atomic E-state index is -0.778. The number of hydrogen-bond donors (Lipinski definition) is 0. The summed E-state index contributed by atoms with van der Waals surface area (Å²) in [6.07, 6.45) is 87.4. The van der Waals surface area contributed by atoms with Gasteiger partial charge in [0.2, 0.25) is 0 Å². The minimum Gasteiger partial charge on any atom is -0.462 e. The molecule has 450 valence electrons. The van der Waals surface area contributed by atoms with Crippen LogP contribution in [-0.4, -0.2) is 37.2 Å². The molecule has 78 heavy (non-hydrogen) atoms. The largest absolute Gasteiger partial charge is 0.462 e. The number of carbonyl (C=O) groups is 3. The van der Waals surface area contributed by atoms with Gasteiger partial charge in [0.1, 0.15) is 13.2 Å². The maximum atomic E-state index is 12.9. The van der Waals surface area contributed by atoms with Crippen LogP contribution in [0.25, 0.3) is 0 Å². The lowest BCUT2D eigenvalue weighted by molar-refractivity contribution is -0.167. The first-order valence-electron chi connectivity index (χ1n) is 33.6. The van der Waals surface area contributed by atoms with Crippen molar-refractivity contribution in [3.8, 4) is 0 Å². The molecule has 0 saturated carbocycles. The fourth-order valence-electron chi connectivity index (χ4n) is 9.62. The van der Waals surface area contributed by atoms with Crippen molar-refractivity contribution >= 4 is 17.9 Å². The number of ether oxygens (including phenoxy) is 3. The van der Waals surface area contributed by atoms with E-state index in [1.807, 2.05) is 0 Å². The lowest BCUT2D eigenvalue weighted by Crippen LogP contribution is -2.30. The molecule has 0 aromatic rings. The number of carbonyl (C=O) groups excluding carboxylic acids is 3. The minimum absolute atomic E-state index is 0.0752. The molecule has 0 saturated heterocycles. The second-order valence-electron chi connectivity index (χ2n) is 22.4. The van der Waals surface area contributed by atoms with Crippen molar-refractivity contribution in [1.82, 2.24) is 0 Å². The van der Waals surface area contributed by atoms with Crippen LogP contribution in [0.15, 0.2) is 85.1 Å². The predicted molar refractivity (Wildman–Crippen MR) is 339 cm³/mol. The normalized spacial score (nSPS) is 12.6. The Balaban J connectivity index is 4.23. The summed E-state index contributed by atoms with van der Waals surface area (Å²) in [6.45, 7) is 6.54. The summed E-state index contributed by atoms with van der Waals surface area (Å²) in [6, 6.07) is 0. The number of allylic oxidation sites excluding steroid dienone is 14. The van der Waals surface area contributed by atoms with Crippen LogP contribution in [-0.2, 0) is 28.6 Å². The SMILES string of the molecule is CC/C=C\C/C=C\C/C=C\C/C=C\CCCCCCCCCCCCCCC(=O)OCC(COC(=O)CCCCCCCCCCCC)OC(=O)CCCCCCCCCCCC/C=C\C/C=C\C/C=C\CCCCCCC. The summed E-state index contributed by atoms with van der Waals surface area (Å²) in [4.78, 5) is 38.3. The molecule has 1 atom stereocenters. The first kappa shape index (κ1) is 74.6. The molecule has 1 unspecified atom stereocenters. The summed E-state index contributed by atoms with van der Waals surface area (Å²) in [7, 11) is 0. The highest BCUT2D eigenvalue weighted by atomic mass is 16.6. The maximum absolute atomic E-state index is 12.9. The first-order chi connectivity index (χ1) is 38.5. The molecule has 0 amide bonds. The lowest BCUT2D eigenvalue weighted by Gasteiger charge is -2.18. The Kier molecular flexibility index (Phi) is 63.2. The summed E-state index contributed by atoms with van der Waals surface area (Å²) >= 11 is 0. The first-order valence-corrected chi connectivity index (χ1v) is 33.6. The van der Waals surface area contributed by atoms with E-state index in [1.165, 1.54) is 199 Å². The Morgan fingerprint density at radius 1 is 0.269 bits per heavy atom. The molecule has 0 aliphatic rings. The predicted octanol–water partition coefficient (Wildman–Crippen LogP) is 23.1. The van der Waals surface area contributed by atoms with Crippen LogP contribution in [0.4, 0.5) is 0 Å². The van der Waals surface area contributed by atoms with E-state index < -0.39 is 6.10 Å². The van der Waals surface area contributed by atoms with Crippen LogP contribution in [0, 0.1) is 0 Å². The van der Waals surface area contributed by atoms with Crippen molar-refractivity contribution in [3.05, 3.63) is 85.1 Å². The van der Waals surface area contributed by atoms with E-state index in [0.29, 0.717) is 19.3 Å². The second-order valence-corrected chi connectivity index (χ2v) is 22.4. The summed E-state index contributed by atoms with van der Waals surface area (Å²) < 4.78 is 16.9. The maximum Gasteiger partial charge on any atom is 0.306 e. The number of rotatable bonds is 61. The van der Waals surface area contributed by atoms with E-state index >= 15 is 0 Å².